The van der Waals surface area contributed by atoms with Crippen molar-refractivity contribution in [1.82, 2.24) is 0 Å². The first-order chi connectivity index (χ1) is 10.0. The maximum Gasteiger partial charge on any atom is 0.339 e. The van der Waals surface area contributed by atoms with Crippen LogP contribution in [0, 0.1) is 6.92 Å². The number of anilines is 1. The molecule has 0 aliphatic heterocycles. The number of hydrogen-bond donors (Lipinski definition) is 1. The summed E-state index contributed by atoms with van der Waals surface area (Å²) >= 11 is 9.56. The van der Waals surface area contributed by atoms with Gasteiger partial charge in [0.2, 0.25) is 0 Å². The van der Waals surface area contributed by atoms with Crippen molar-refractivity contribution in [2.45, 2.75) is 13.5 Å². The molecule has 2 rings (SSSR count). The van der Waals surface area contributed by atoms with Gasteiger partial charge < -0.3 is 10.1 Å². The molecule has 1 N–H and O–H groups in total. The summed E-state index contributed by atoms with van der Waals surface area (Å²) in [7, 11) is 1.38. The van der Waals surface area contributed by atoms with Crippen LogP contribution in [0.5, 0.6) is 0 Å². The minimum absolute atomic E-state index is 0.358. The maximum atomic E-state index is 11.8. The number of esters is 1. The fourth-order valence-corrected chi connectivity index (χ4v) is 2.69. The number of halogens is 2. The third kappa shape index (κ3) is 3.99. The Balaban J connectivity index is 2.21. The van der Waals surface area contributed by atoms with Crippen molar-refractivity contribution in [2.75, 3.05) is 12.4 Å². The van der Waals surface area contributed by atoms with Crippen LogP contribution >= 0.6 is 27.5 Å². The van der Waals surface area contributed by atoms with E-state index in [1.807, 2.05) is 37.3 Å². The summed E-state index contributed by atoms with van der Waals surface area (Å²) < 4.78 is 5.74. The molecule has 5 heteroatoms. The van der Waals surface area contributed by atoms with Crippen LogP contribution < -0.4 is 5.32 Å². The van der Waals surface area contributed by atoms with Gasteiger partial charge >= 0.3 is 5.97 Å². The summed E-state index contributed by atoms with van der Waals surface area (Å²) in [4.78, 5) is 11.8. The Kier molecular flexibility index (Phi) is 5.26. The number of methoxy groups -OCH3 is 1. The van der Waals surface area contributed by atoms with Crippen molar-refractivity contribution >= 4 is 39.2 Å². The lowest BCUT2D eigenvalue weighted by atomic mass is 10.1. The molecule has 0 unspecified atom stereocenters. The molecule has 0 amide bonds. The second-order valence-corrected chi connectivity index (χ2v) is 5.95. The molecule has 0 bridgehead atoms. The smallest absolute Gasteiger partial charge is 0.339 e. The second-order valence-electron chi connectivity index (χ2n) is 4.63. The number of nitrogens with one attached hydrogen (secondary N) is 1. The Morgan fingerprint density at radius 2 is 2.05 bits per heavy atom. The molecule has 0 atom stereocenters. The lowest BCUT2D eigenvalue weighted by Crippen LogP contribution is -2.09. The first-order valence-electron chi connectivity index (χ1n) is 6.38. The first kappa shape index (κ1) is 15.9. The number of carbonyl (C=O) groups is 1. The average Bonchev–Trinajstić information content (AvgIpc) is 2.46. The van der Waals surface area contributed by atoms with Gasteiger partial charge in [0.05, 0.1) is 12.7 Å². The summed E-state index contributed by atoms with van der Waals surface area (Å²) in [5, 5.41) is 3.90. The van der Waals surface area contributed by atoms with Crippen LogP contribution in [0.15, 0.2) is 40.9 Å². The Morgan fingerprint density at radius 3 is 2.71 bits per heavy atom. The fourth-order valence-electron chi connectivity index (χ4n) is 1.95. The van der Waals surface area contributed by atoms with E-state index in [1.54, 1.807) is 6.07 Å². The molecule has 3 nitrogen and oxygen atoms in total. The van der Waals surface area contributed by atoms with Crippen molar-refractivity contribution in [3.63, 3.8) is 0 Å². The molecule has 2 aromatic rings. The lowest BCUT2D eigenvalue weighted by molar-refractivity contribution is 0.0601. The quantitative estimate of drug-likeness (QED) is 0.787. The van der Waals surface area contributed by atoms with Gasteiger partial charge in [-0.1, -0.05) is 45.2 Å². The third-order valence-electron chi connectivity index (χ3n) is 3.06. The maximum absolute atomic E-state index is 11.8. The predicted octanol–water partition coefficient (Wildman–Crippen LogP) is 4.81. The van der Waals surface area contributed by atoms with Crippen LogP contribution in [0.1, 0.15) is 21.5 Å². The molecule has 21 heavy (non-hydrogen) atoms. The second kappa shape index (κ2) is 6.96. The molecule has 0 saturated carbocycles. The highest BCUT2D eigenvalue weighted by atomic mass is 79.9. The number of carbonyl (C=O) groups excluding carboxylic acids is 1. The molecule has 0 radical (unpaired) electrons. The standard InChI is InChI=1S/C16H15BrClNO2/c1-10-3-6-15(13(7-10)16(20)21-2)19-9-11-4-5-12(17)8-14(11)18/h3-8,19H,9H2,1-2H3. The van der Waals surface area contributed by atoms with Gasteiger partial charge in [-0.25, -0.2) is 4.79 Å². The first-order valence-corrected chi connectivity index (χ1v) is 7.55. The summed E-state index contributed by atoms with van der Waals surface area (Å²) in [6.07, 6.45) is 0. The highest BCUT2D eigenvalue weighted by molar-refractivity contribution is 9.10. The van der Waals surface area contributed by atoms with Crippen molar-refractivity contribution in [3.05, 3.63) is 62.6 Å². The molecule has 0 spiro atoms. The van der Waals surface area contributed by atoms with E-state index in [1.165, 1.54) is 7.11 Å². The molecule has 0 aliphatic rings. The summed E-state index contributed by atoms with van der Waals surface area (Å²) in [6.45, 7) is 2.46. The molecule has 0 heterocycles. The number of aryl methyl sites for hydroxylation is 1. The largest absolute Gasteiger partial charge is 0.465 e. The van der Waals surface area contributed by atoms with Crippen LogP contribution in [-0.4, -0.2) is 13.1 Å². The van der Waals surface area contributed by atoms with Crippen LogP contribution in [0.25, 0.3) is 0 Å². The number of ether oxygens (including phenoxy) is 1. The fraction of sp³-hybridized carbons (Fsp3) is 0.188. The van der Waals surface area contributed by atoms with Gasteiger partial charge in [0.15, 0.2) is 0 Å². The zero-order valence-corrected chi connectivity index (χ0v) is 14.1. The van der Waals surface area contributed by atoms with Crippen LogP contribution in [0.3, 0.4) is 0 Å². The molecule has 2 aromatic carbocycles. The lowest BCUT2D eigenvalue weighted by Gasteiger charge is -2.12. The highest BCUT2D eigenvalue weighted by Crippen LogP contribution is 2.24. The van der Waals surface area contributed by atoms with Gasteiger partial charge in [0, 0.05) is 21.7 Å². The van der Waals surface area contributed by atoms with Gasteiger partial charge in [0.1, 0.15) is 0 Å². The van der Waals surface area contributed by atoms with E-state index in [2.05, 4.69) is 21.2 Å². The minimum atomic E-state index is -0.358. The van der Waals surface area contributed by atoms with Gasteiger partial charge in [-0.3, -0.25) is 0 Å². The van der Waals surface area contributed by atoms with E-state index in [4.69, 9.17) is 16.3 Å². The van der Waals surface area contributed by atoms with Crippen LogP contribution in [0.4, 0.5) is 5.69 Å². The van der Waals surface area contributed by atoms with Crippen molar-refractivity contribution in [3.8, 4) is 0 Å². The molecule has 0 fully saturated rings. The third-order valence-corrected chi connectivity index (χ3v) is 3.91. The Hall–Kier alpha value is -1.52. The molecule has 0 aliphatic carbocycles. The van der Waals surface area contributed by atoms with E-state index >= 15 is 0 Å². The highest BCUT2D eigenvalue weighted by Gasteiger charge is 2.12. The van der Waals surface area contributed by atoms with Gasteiger partial charge in [-0.05, 0) is 36.8 Å². The number of rotatable bonds is 4. The minimum Gasteiger partial charge on any atom is -0.465 e. The van der Waals surface area contributed by atoms with E-state index in [0.717, 1.165) is 21.3 Å². The predicted molar refractivity (Wildman–Crippen MR) is 89.0 cm³/mol. The van der Waals surface area contributed by atoms with Gasteiger partial charge in [-0.2, -0.15) is 0 Å². The SMILES string of the molecule is COC(=O)c1cc(C)ccc1NCc1ccc(Br)cc1Cl. The Bertz CT molecular complexity index is 673. The Labute approximate surface area is 137 Å². The number of hydrogen-bond acceptors (Lipinski definition) is 3. The van der Waals surface area contributed by atoms with Crippen molar-refractivity contribution < 1.29 is 9.53 Å². The monoisotopic (exact) mass is 367 g/mol. The molecular weight excluding hydrogens is 354 g/mol. The van der Waals surface area contributed by atoms with Gasteiger partial charge in [-0.15, -0.1) is 0 Å². The van der Waals surface area contributed by atoms with Crippen LogP contribution in [-0.2, 0) is 11.3 Å². The molecule has 0 saturated heterocycles. The van der Waals surface area contributed by atoms with E-state index in [0.29, 0.717) is 17.1 Å². The van der Waals surface area contributed by atoms with Gasteiger partial charge in [0.25, 0.3) is 0 Å². The molecule has 0 aromatic heterocycles. The van der Waals surface area contributed by atoms with E-state index < -0.39 is 0 Å². The topological polar surface area (TPSA) is 38.3 Å². The van der Waals surface area contributed by atoms with Crippen molar-refractivity contribution in [1.29, 1.82) is 0 Å². The van der Waals surface area contributed by atoms with E-state index in [-0.39, 0.29) is 5.97 Å². The summed E-state index contributed by atoms with van der Waals surface area (Å²) in [5.74, 6) is -0.358. The normalized spacial score (nSPS) is 10.3. The van der Waals surface area contributed by atoms with E-state index in [9.17, 15) is 4.79 Å². The summed E-state index contributed by atoms with van der Waals surface area (Å²) in [6, 6.07) is 11.3. The zero-order valence-electron chi connectivity index (χ0n) is 11.7. The number of benzene rings is 2. The Morgan fingerprint density at radius 1 is 1.29 bits per heavy atom. The van der Waals surface area contributed by atoms with Crippen molar-refractivity contribution in [2.24, 2.45) is 0 Å². The zero-order chi connectivity index (χ0) is 15.4. The van der Waals surface area contributed by atoms with Crippen LogP contribution in [0.2, 0.25) is 5.02 Å². The molecular formula is C16H15BrClNO2. The average molecular weight is 369 g/mol. The summed E-state index contributed by atoms with van der Waals surface area (Å²) in [5.41, 5.74) is 3.20. The molecule has 110 valence electrons.